The highest BCUT2D eigenvalue weighted by Gasteiger charge is 2.20. The van der Waals surface area contributed by atoms with Crippen LogP contribution in [0, 0.1) is 20.8 Å². The maximum atomic E-state index is 12.3. The topological polar surface area (TPSA) is 35.6 Å². The Labute approximate surface area is 128 Å². The molecular formula is C17H27N3O. The van der Waals surface area contributed by atoms with Crippen LogP contribution in [0.25, 0.3) is 0 Å². The van der Waals surface area contributed by atoms with Crippen molar-refractivity contribution in [2.75, 3.05) is 44.6 Å². The molecule has 1 saturated heterocycles. The Hall–Kier alpha value is -1.55. The summed E-state index contributed by atoms with van der Waals surface area (Å²) in [7, 11) is 0. The number of carbonyl (C=O) groups excluding carboxylic acids is 1. The van der Waals surface area contributed by atoms with Crippen LogP contribution < -0.4 is 5.32 Å². The first kappa shape index (κ1) is 15.8. The van der Waals surface area contributed by atoms with Gasteiger partial charge in [-0.2, -0.15) is 0 Å². The molecule has 0 aliphatic carbocycles. The predicted molar refractivity (Wildman–Crippen MR) is 87.8 cm³/mol. The zero-order chi connectivity index (χ0) is 15.4. The van der Waals surface area contributed by atoms with Crippen molar-refractivity contribution in [3.63, 3.8) is 0 Å². The van der Waals surface area contributed by atoms with Crippen LogP contribution in [-0.4, -0.2) is 55.0 Å². The zero-order valence-corrected chi connectivity index (χ0v) is 13.7. The molecule has 0 aromatic heterocycles. The van der Waals surface area contributed by atoms with E-state index >= 15 is 0 Å². The summed E-state index contributed by atoms with van der Waals surface area (Å²) in [6, 6.07) is 4.31. The van der Waals surface area contributed by atoms with Gasteiger partial charge in [0.25, 0.3) is 0 Å². The molecule has 21 heavy (non-hydrogen) atoms. The Morgan fingerprint density at radius 3 is 2.19 bits per heavy atom. The zero-order valence-electron chi connectivity index (χ0n) is 13.7. The van der Waals surface area contributed by atoms with E-state index in [-0.39, 0.29) is 5.91 Å². The van der Waals surface area contributed by atoms with Gasteiger partial charge in [0, 0.05) is 31.9 Å². The van der Waals surface area contributed by atoms with Crippen LogP contribution in [0.15, 0.2) is 12.1 Å². The normalized spacial score (nSPS) is 16.1. The third-order valence-corrected chi connectivity index (χ3v) is 4.27. The fourth-order valence-electron chi connectivity index (χ4n) is 3.05. The molecule has 1 aromatic rings. The van der Waals surface area contributed by atoms with Gasteiger partial charge in [0.05, 0.1) is 6.54 Å². The van der Waals surface area contributed by atoms with Crippen LogP contribution >= 0.6 is 0 Å². The number of nitrogens with zero attached hydrogens (tertiary/aromatic N) is 2. The summed E-state index contributed by atoms with van der Waals surface area (Å²) >= 11 is 0. The Morgan fingerprint density at radius 1 is 1.10 bits per heavy atom. The minimum absolute atomic E-state index is 0.199. The quantitative estimate of drug-likeness (QED) is 0.923. The van der Waals surface area contributed by atoms with Gasteiger partial charge >= 0.3 is 0 Å². The van der Waals surface area contributed by atoms with E-state index in [9.17, 15) is 4.79 Å². The second-order valence-corrected chi connectivity index (χ2v) is 5.94. The van der Waals surface area contributed by atoms with Gasteiger partial charge < -0.3 is 15.1 Å². The van der Waals surface area contributed by atoms with Gasteiger partial charge in [-0.15, -0.1) is 0 Å². The summed E-state index contributed by atoms with van der Waals surface area (Å²) in [5.74, 6) is 0.199. The number of aryl methyl sites for hydroxylation is 3. The number of anilines is 1. The van der Waals surface area contributed by atoms with Crippen LogP contribution in [0.3, 0.4) is 0 Å². The van der Waals surface area contributed by atoms with Crippen molar-refractivity contribution in [3.8, 4) is 0 Å². The van der Waals surface area contributed by atoms with Gasteiger partial charge in [-0.25, -0.2) is 0 Å². The molecule has 0 bridgehead atoms. The first-order valence-corrected chi connectivity index (χ1v) is 7.83. The molecule has 1 aromatic carbocycles. The van der Waals surface area contributed by atoms with Crippen LogP contribution in [-0.2, 0) is 4.79 Å². The van der Waals surface area contributed by atoms with Gasteiger partial charge in [-0.05, 0) is 38.4 Å². The second kappa shape index (κ2) is 6.94. The van der Waals surface area contributed by atoms with E-state index in [1.807, 2.05) is 4.90 Å². The molecule has 0 spiro atoms. The lowest BCUT2D eigenvalue weighted by atomic mass is 10.1. The van der Waals surface area contributed by atoms with Crippen molar-refractivity contribution in [1.29, 1.82) is 0 Å². The van der Waals surface area contributed by atoms with Gasteiger partial charge in [-0.3, -0.25) is 4.79 Å². The van der Waals surface area contributed by atoms with Crippen molar-refractivity contribution >= 4 is 11.6 Å². The number of likely N-dealkylation sites (N-methyl/N-ethyl adjacent to an activating group) is 1. The third kappa shape index (κ3) is 3.97. The summed E-state index contributed by atoms with van der Waals surface area (Å²) in [6.45, 7) is 13.6. The maximum Gasteiger partial charge on any atom is 0.241 e. The standard InChI is InChI=1S/C17H27N3O/c1-5-19-6-8-20(9-7-19)16(21)12-18-17-14(3)10-13(2)11-15(17)4/h10-11,18H,5-9,12H2,1-4H3. The van der Waals surface area contributed by atoms with Crippen molar-refractivity contribution in [2.24, 2.45) is 0 Å². The molecule has 0 unspecified atom stereocenters. The van der Waals surface area contributed by atoms with Crippen LogP contribution in [0.1, 0.15) is 23.6 Å². The minimum atomic E-state index is 0.199. The number of amides is 1. The number of hydrogen-bond donors (Lipinski definition) is 1. The monoisotopic (exact) mass is 289 g/mol. The molecule has 1 N–H and O–H groups in total. The molecule has 1 aliphatic rings. The van der Waals surface area contributed by atoms with Crippen LogP contribution in [0.5, 0.6) is 0 Å². The number of rotatable bonds is 4. The molecule has 4 nitrogen and oxygen atoms in total. The molecule has 4 heteroatoms. The van der Waals surface area contributed by atoms with E-state index in [1.54, 1.807) is 0 Å². The van der Waals surface area contributed by atoms with Crippen molar-refractivity contribution in [2.45, 2.75) is 27.7 Å². The SMILES string of the molecule is CCN1CCN(C(=O)CNc2c(C)cc(C)cc2C)CC1. The molecule has 116 valence electrons. The Morgan fingerprint density at radius 2 is 1.67 bits per heavy atom. The lowest BCUT2D eigenvalue weighted by Gasteiger charge is -2.34. The fraction of sp³-hybridized carbons (Fsp3) is 0.588. The van der Waals surface area contributed by atoms with E-state index in [2.05, 4.69) is 50.0 Å². The maximum absolute atomic E-state index is 12.3. The molecule has 2 rings (SSSR count). The molecule has 1 heterocycles. The summed E-state index contributed by atoms with van der Waals surface area (Å²) < 4.78 is 0. The summed E-state index contributed by atoms with van der Waals surface area (Å²) in [5.41, 5.74) is 4.77. The third-order valence-electron chi connectivity index (χ3n) is 4.27. The molecule has 0 saturated carbocycles. The van der Waals surface area contributed by atoms with E-state index in [1.165, 1.54) is 16.7 Å². The predicted octanol–water partition coefficient (Wildman–Crippen LogP) is 2.19. The lowest BCUT2D eigenvalue weighted by Crippen LogP contribution is -2.49. The molecule has 0 atom stereocenters. The second-order valence-electron chi connectivity index (χ2n) is 5.94. The number of hydrogen-bond acceptors (Lipinski definition) is 3. The number of benzene rings is 1. The first-order valence-electron chi connectivity index (χ1n) is 7.83. The van der Waals surface area contributed by atoms with Crippen molar-refractivity contribution in [3.05, 3.63) is 28.8 Å². The highest BCUT2D eigenvalue weighted by atomic mass is 16.2. The number of piperazine rings is 1. The van der Waals surface area contributed by atoms with Gasteiger partial charge in [0.2, 0.25) is 5.91 Å². The molecular weight excluding hydrogens is 262 g/mol. The van der Waals surface area contributed by atoms with E-state index in [0.717, 1.165) is 38.4 Å². The number of carbonyl (C=O) groups is 1. The van der Waals surface area contributed by atoms with Gasteiger partial charge in [0.15, 0.2) is 0 Å². The van der Waals surface area contributed by atoms with Gasteiger partial charge in [0.1, 0.15) is 0 Å². The molecule has 1 fully saturated rings. The van der Waals surface area contributed by atoms with Crippen LogP contribution in [0.4, 0.5) is 5.69 Å². The van der Waals surface area contributed by atoms with Crippen molar-refractivity contribution < 1.29 is 4.79 Å². The summed E-state index contributed by atoms with van der Waals surface area (Å²) in [4.78, 5) is 16.7. The Kier molecular flexibility index (Phi) is 5.23. The summed E-state index contributed by atoms with van der Waals surface area (Å²) in [5, 5.41) is 3.33. The van der Waals surface area contributed by atoms with E-state index in [4.69, 9.17) is 0 Å². The highest BCUT2D eigenvalue weighted by molar-refractivity contribution is 5.81. The van der Waals surface area contributed by atoms with E-state index in [0.29, 0.717) is 6.54 Å². The largest absolute Gasteiger partial charge is 0.376 e. The molecule has 1 amide bonds. The minimum Gasteiger partial charge on any atom is -0.376 e. The number of nitrogens with one attached hydrogen (secondary N) is 1. The average Bonchev–Trinajstić information content (AvgIpc) is 2.46. The van der Waals surface area contributed by atoms with E-state index < -0.39 is 0 Å². The molecule has 0 radical (unpaired) electrons. The Bertz CT molecular complexity index is 482. The van der Waals surface area contributed by atoms with Gasteiger partial charge in [-0.1, -0.05) is 24.6 Å². The lowest BCUT2D eigenvalue weighted by molar-refractivity contribution is -0.131. The fourth-order valence-corrected chi connectivity index (χ4v) is 3.05. The smallest absolute Gasteiger partial charge is 0.241 e. The van der Waals surface area contributed by atoms with Crippen LogP contribution in [0.2, 0.25) is 0 Å². The highest BCUT2D eigenvalue weighted by Crippen LogP contribution is 2.21. The first-order chi connectivity index (χ1) is 10.0. The Balaban J connectivity index is 1.90. The average molecular weight is 289 g/mol. The summed E-state index contributed by atoms with van der Waals surface area (Å²) in [6.07, 6.45) is 0. The van der Waals surface area contributed by atoms with Crippen molar-refractivity contribution in [1.82, 2.24) is 9.80 Å². The molecule has 1 aliphatic heterocycles.